The maximum atomic E-state index is 9.40. The van der Waals surface area contributed by atoms with Gasteiger partial charge in [0.2, 0.25) is 0 Å². The molecule has 1 atom stereocenters. The molecule has 0 amide bonds. The van der Waals surface area contributed by atoms with Gasteiger partial charge in [-0.1, -0.05) is 24.8 Å². The average molecular weight is 270 g/mol. The Morgan fingerprint density at radius 1 is 1.30 bits per heavy atom. The van der Waals surface area contributed by atoms with E-state index in [4.69, 9.17) is 5.73 Å². The zero-order valence-electron chi connectivity index (χ0n) is 11.2. The zero-order chi connectivity index (χ0) is 14.4. The first-order chi connectivity index (χ1) is 9.72. The molecule has 0 aliphatic carbocycles. The lowest BCUT2D eigenvalue weighted by atomic mass is 10.1. The summed E-state index contributed by atoms with van der Waals surface area (Å²) in [5.74, 6) is 0.626. The first kappa shape index (κ1) is 14.3. The van der Waals surface area contributed by atoms with Crippen LogP contribution in [0.1, 0.15) is 11.4 Å². The molecule has 1 heterocycles. The van der Waals surface area contributed by atoms with Crippen LogP contribution in [0.15, 0.2) is 49.3 Å². The molecule has 2 aromatic rings. The fourth-order valence-corrected chi connectivity index (χ4v) is 1.78. The zero-order valence-corrected chi connectivity index (χ0v) is 11.2. The minimum Gasteiger partial charge on any atom is -0.375 e. The molecule has 20 heavy (non-hydrogen) atoms. The van der Waals surface area contributed by atoms with Gasteiger partial charge in [-0.2, -0.15) is 0 Å². The highest BCUT2D eigenvalue weighted by Gasteiger charge is 2.02. The summed E-state index contributed by atoms with van der Waals surface area (Å²) in [6.45, 7) is 4.41. The van der Waals surface area contributed by atoms with E-state index in [9.17, 15) is 5.11 Å². The minimum absolute atomic E-state index is 0.337. The number of aromatic nitrogens is 2. The van der Waals surface area contributed by atoms with E-state index in [1.54, 1.807) is 12.4 Å². The van der Waals surface area contributed by atoms with Crippen molar-refractivity contribution in [2.75, 3.05) is 0 Å². The smallest absolute Gasteiger partial charge is 0.141 e. The van der Waals surface area contributed by atoms with Crippen LogP contribution in [0.4, 0.5) is 0 Å². The predicted molar refractivity (Wildman–Crippen MR) is 78.4 cm³/mol. The third-order valence-electron chi connectivity index (χ3n) is 2.89. The van der Waals surface area contributed by atoms with Gasteiger partial charge in [0.25, 0.3) is 0 Å². The number of hydrogen-bond donors (Lipinski definition) is 3. The normalized spacial score (nSPS) is 12.1. The van der Waals surface area contributed by atoms with E-state index in [-0.39, 0.29) is 0 Å². The quantitative estimate of drug-likeness (QED) is 0.542. The molecule has 0 aliphatic heterocycles. The Labute approximate surface area is 118 Å². The van der Waals surface area contributed by atoms with Gasteiger partial charge in [0.1, 0.15) is 12.1 Å². The molecular weight excluding hydrogens is 252 g/mol. The Kier molecular flexibility index (Phi) is 4.95. The average Bonchev–Trinajstić information content (AvgIpc) is 2.53. The number of nitrogens with zero attached hydrogens (tertiary/aromatic N) is 2. The van der Waals surface area contributed by atoms with Crippen LogP contribution >= 0.6 is 0 Å². The van der Waals surface area contributed by atoms with E-state index in [1.165, 1.54) is 6.08 Å². The number of rotatable bonds is 6. The lowest BCUT2D eigenvalue weighted by molar-refractivity contribution is 0.183. The van der Waals surface area contributed by atoms with Crippen molar-refractivity contribution in [1.29, 1.82) is 0 Å². The Balaban J connectivity index is 2.13. The van der Waals surface area contributed by atoms with E-state index in [0.717, 1.165) is 16.7 Å². The fraction of sp³-hybridized carbons (Fsp3) is 0.200. The number of nitrogens with two attached hydrogens (primary N) is 1. The van der Waals surface area contributed by atoms with Gasteiger partial charge in [0.05, 0.1) is 6.54 Å². The summed E-state index contributed by atoms with van der Waals surface area (Å²) in [6, 6.07) is 7.97. The highest BCUT2D eigenvalue weighted by molar-refractivity contribution is 5.62. The molecule has 4 N–H and O–H groups in total. The maximum Gasteiger partial charge on any atom is 0.141 e. The van der Waals surface area contributed by atoms with Crippen molar-refractivity contribution in [2.24, 2.45) is 5.73 Å². The van der Waals surface area contributed by atoms with Crippen LogP contribution in [0.3, 0.4) is 0 Å². The molecule has 0 saturated carbocycles. The first-order valence-corrected chi connectivity index (χ1v) is 6.37. The lowest BCUT2D eigenvalue weighted by Crippen LogP contribution is -2.25. The summed E-state index contributed by atoms with van der Waals surface area (Å²) in [5, 5.41) is 12.3. The van der Waals surface area contributed by atoms with Crippen molar-refractivity contribution in [3.63, 3.8) is 0 Å². The highest BCUT2D eigenvalue weighted by Crippen LogP contribution is 2.18. The van der Waals surface area contributed by atoms with Crippen LogP contribution in [0.5, 0.6) is 0 Å². The van der Waals surface area contributed by atoms with Crippen molar-refractivity contribution in [2.45, 2.75) is 19.3 Å². The van der Waals surface area contributed by atoms with Gasteiger partial charge in [-0.3, -0.25) is 5.32 Å². The monoisotopic (exact) mass is 270 g/mol. The van der Waals surface area contributed by atoms with E-state index >= 15 is 0 Å². The van der Waals surface area contributed by atoms with Crippen molar-refractivity contribution in [1.82, 2.24) is 15.3 Å². The van der Waals surface area contributed by atoms with E-state index in [2.05, 4.69) is 21.9 Å². The predicted octanol–water partition coefficient (Wildman–Crippen LogP) is 1.20. The maximum absolute atomic E-state index is 9.40. The molecule has 0 saturated heterocycles. The molecule has 0 radical (unpaired) electrons. The van der Waals surface area contributed by atoms with Crippen molar-refractivity contribution in [3.8, 4) is 11.1 Å². The fourth-order valence-electron chi connectivity index (χ4n) is 1.78. The molecule has 0 aliphatic rings. The molecule has 0 bridgehead atoms. The summed E-state index contributed by atoms with van der Waals surface area (Å²) in [4.78, 5) is 8.37. The van der Waals surface area contributed by atoms with Gasteiger partial charge in [-0.15, -0.1) is 0 Å². The standard InChI is InChI=1S/C15H18N4O/c1-2-15(20)19-8-11-4-3-5-12(6-11)13-9-17-14(7-16)18-10-13/h2-6,9-10,15,19-20H,1,7-8,16H2. The summed E-state index contributed by atoms with van der Waals surface area (Å²) in [5.41, 5.74) is 8.51. The number of hydrogen-bond acceptors (Lipinski definition) is 5. The first-order valence-electron chi connectivity index (χ1n) is 6.37. The third-order valence-corrected chi connectivity index (χ3v) is 2.89. The molecule has 2 rings (SSSR count). The Bertz CT molecular complexity index is 568. The van der Waals surface area contributed by atoms with Gasteiger partial charge in [0.15, 0.2) is 0 Å². The second-order valence-electron chi connectivity index (χ2n) is 4.35. The lowest BCUT2D eigenvalue weighted by Gasteiger charge is -2.09. The number of benzene rings is 1. The molecule has 0 spiro atoms. The highest BCUT2D eigenvalue weighted by atomic mass is 16.3. The van der Waals surface area contributed by atoms with Crippen molar-refractivity contribution >= 4 is 0 Å². The molecule has 1 aromatic heterocycles. The molecule has 1 aromatic carbocycles. The van der Waals surface area contributed by atoms with Crippen molar-refractivity contribution in [3.05, 3.63) is 60.7 Å². The molecule has 5 nitrogen and oxygen atoms in total. The Morgan fingerprint density at radius 3 is 2.70 bits per heavy atom. The molecular formula is C15H18N4O. The Hall–Kier alpha value is -2.08. The number of nitrogens with one attached hydrogen (secondary N) is 1. The summed E-state index contributed by atoms with van der Waals surface area (Å²) < 4.78 is 0. The summed E-state index contributed by atoms with van der Waals surface area (Å²) >= 11 is 0. The largest absolute Gasteiger partial charge is 0.375 e. The molecule has 5 heteroatoms. The molecule has 0 fully saturated rings. The summed E-state index contributed by atoms with van der Waals surface area (Å²) in [7, 11) is 0. The van der Waals surface area contributed by atoms with Gasteiger partial charge in [0, 0.05) is 24.5 Å². The van der Waals surface area contributed by atoms with Crippen LogP contribution in [0.25, 0.3) is 11.1 Å². The van der Waals surface area contributed by atoms with Crippen LogP contribution in [-0.4, -0.2) is 21.3 Å². The van der Waals surface area contributed by atoms with Gasteiger partial charge in [-0.25, -0.2) is 9.97 Å². The number of aliphatic hydroxyl groups is 1. The summed E-state index contributed by atoms with van der Waals surface area (Å²) in [6.07, 6.45) is 4.27. The third kappa shape index (κ3) is 3.71. The number of aliphatic hydroxyl groups excluding tert-OH is 1. The van der Waals surface area contributed by atoms with E-state index in [0.29, 0.717) is 18.9 Å². The Morgan fingerprint density at radius 2 is 2.05 bits per heavy atom. The SMILES string of the molecule is C=CC(O)NCc1cccc(-c2cnc(CN)nc2)c1. The topological polar surface area (TPSA) is 84.1 Å². The van der Waals surface area contributed by atoms with Crippen LogP contribution in [0.2, 0.25) is 0 Å². The second-order valence-corrected chi connectivity index (χ2v) is 4.35. The minimum atomic E-state index is -0.703. The van der Waals surface area contributed by atoms with Crippen LogP contribution < -0.4 is 11.1 Å². The molecule has 1 unspecified atom stereocenters. The molecule has 104 valence electrons. The van der Waals surface area contributed by atoms with Gasteiger partial charge in [-0.05, 0) is 23.3 Å². The van der Waals surface area contributed by atoms with E-state index in [1.807, 2.05) is 24.3 Å². The van der Waals surface area contributed by atoms with Crippen molar-refractivity contribution < 1.29 is 5.11 Å². The second kappa shape index (κ2) is 6.91. The van der Waals surface area contributed by atoms with E-state index < -0.39 is 6.23 Å². The van der Waals surface area contributed by atoms with Crippen LogP contribution in [0, 0.1) is 0 Å². The van der Waals surface area contributed by atoms with Crippen LogP contribution in [-0.2, 0) is 13.1 Å². The van der Waals surface area contributed by atoms with Gasteiger partial charge >= 0.3 is 0 Å². The van der Waals surface area contributed by atoms with Gasteiger partial charge < -0.3 is 10.8 Å².